The molecule has 3 nitrogen and oxygen atoms in total. The van der Waals surface area contributed by atoms with Crippen LogP contribution in [0.15, 0.2) is 0 Å². The predicted octanol–water partition coefficient (Wildman–Crippen LogP) is 1.96. The molecule has 0 unspecified atom stereocenters. The highest BCUT2D eigenvalue weighted by molar-refractivity contribution is 6.83. The van der Waals surface area contributed by atoms with Crippen molar-refractivity contribution < 1.29 is 14.6 Å². The minimum Gasteiger partial charge on any atom is -0.463 e. The lowest BCUT2D eigenvalue weighted by molar-refractivity contribution is -0.146. The Labute approximate surface area is 99.2 Å². The second kappa shape index (κ2) is 7.48. The highest BCUT2D eigenvalue weighted by atomic mass is 28.3. The molecule has 0 saturated carbocycles. The fourth-order valence-electron chi connectivity index (χ4n) is 0.958. The van der Waals surface area contributed by atoms with Crippen molar-refractivity contribution in [2.24, 2.45) is 0 Å². The second-order valence-corrected chi connectivity index (χ2v) is 9.59. The molecule has 0 bridgehead atoms. The van der Waals surface area contributed by atoms with Crippen LogP contribution in [0.25, 0.3) is 0 Å². The van der Waals surface area contributed by atoms with Gasteiger partial charge in [0.05, 0.1) is 6.10 Å². The largest absolute Gasteiger partial charge is 0.463 e. The Bertz CT molecular complexity index is 270. The van der Waals surface area contributed by atoms with Gasteiger partial charge in [0, 0.05) is 12.8 Å². The zero-order chi connectivity index (χ0) is 12.6. The number of rotatable bonds is 5. The summed E-state index contributed by atoms with van der Waals surface area (Å²) >= 11 is 0. The van der Waals surface area contributed by atoms with Gasteiger partial charge >= 0.3 is 5.97 Å². The van der Waals surface area contributed by atoms with Crippen LogP contribution in [0, 0.1) is 11.5 Å². The van der Waals surface area contributed by atoms with Gasteiger partial charge in [-0.15, -0.1) is 11.5 Å². The van der Waals surface area contributed by atoms with Crippen molar-refractivity contribution in [2.45, 2.75) is 51.9 Å². The number of hydrogen-bond donors (Lipinski definition) is 1. The monoisotopic (exact) mass is 242 g/mol. The fourth-order valence-corrected chi connectivity index (χ4v) is 1.59. The van der Waals surface area contributed by atoms with E-state index in [9.17, 15) is 9.90 Å². The minimum atomic E-state index is -1.36. The summed E-state index contributed by atoms with van der Waals surface area (Å²) in [7, 11) is -1.36. The normalized spacial score (nSPS) is 12.6. The minimum absolute atomic E-state index is 0.0548. The number of hydrogen-bond acceptors (Lipinski definition) is 3. The van der Waals surface area contributed by atoms with Crippen molar-refractivity contribution in [2.75, 3.05) is 6.61 Å². The lowest BCUT2D eigenvalue weighted by atomic mass is 10.3. The molecule has 0 fully saturated rings. The number of aliphatic hydroxyl groups excluding tert-OH is 1. The van der Waals surface area contributed by atoms with Crippen molar-refractivity contribution in [3.8, 4) is 11.5 Å². The van der Waals surface area contributed by atoms with E-state index in [-0.39, 0.29) is 12.6 Å². The quantitative estimate of drug-likeness (QED) is 0.455. The molecular weight excluding hydrogens is 220 g/mol. The molecular formula is C12H22O3Si. The molecule has 16 heavy (non-hydrogen) atoms. The van der Waals surface area contributed by atoms with Crippen molar-refractivity contribution >= 4 is 14.0 Å². The Morgan fingerprint density at radius 3 is 2.56 bits per heavy atom. The van der Waals surface area contributed by atoms with E-state index in [0.29, 0.717) is 12.8 Å². The van der Waals surface area contributed by atoms with Crippen LogP contribution in [0.4, 0.5) is 0 Å². The molecule has 1 N–H and O–H groups in total. The second-order valence-electron chi connectivity index (χ2n) is 4.84. The van der Waals surface area contributed by atoms with E-state index in [4.69, 9.17) is 4.74 Å². The summed E-state index contributed by atoms with van der Waals surface area (Å²) in [5.74, 6) is 2.70. The Hall–Kier alpha value is -0.793. The van der Waals surface area contributed by atoms with Crippen LogP contribution in [0.1, 0.15) is 26.2 Å². The summed E-state index contributed by atoms with van der Waals surface area (Å²) in [6, 6.07) is 0. The first-order valence-corrected chi connectivity index (χ1v) is 9.19. The molecule has 0 aliphatic rings. The summed E-state index contributed by atoms with van der Waals surface area (Å²) in [5, 5.41) is 9.50. The molecule has 0 aromatic rings. The van der Waals surface area contributed by atoms with E-state index in [2.05, 4.69) is 31.1 Å². The van der Waals surface area contributed by atoms with Gasteiger partial charge in [-0.1, -0.05) is 26.6 Å². The van der Waals surface area contributed by atoms with Gasteiger partial charge in [0.1, 0.15) is 14.7 Å². The van der Waals surface area contributed by atoms with Crippen molar-refractivity contribution in [3.05, 3.63) is 0 Å². The van der Waals surface area contributed by atoms with Gasteiger partial charge in [-0.2, -0.15) is 0 Å². The molecule has 0 spiro atoms. The Kier molecular flexibility index (Phi) is 7.10. The third-order valence-corrected chi connectivity index (χ3v) is 2.62. The SMILES string of the molecule is CCCC(=O)OC[C@@H](O)CC#C[Si](C)(C)C. The van der Waals surface area contributed by atoms with Gasteiger partial charge in [0.2, 0.25) is 0 Å². The summed E-state index contributed by atoms with van der Waals surface area (Å²) in [6.07, 6.45) is 0.895. The maximum absolute atomic E-state index is 11.0. The molecule has 4 heteroatoms. The van der Waals surface area contributed by atoms with Gasteiger partial charge in [-0.25, -0.2) is 0 Å². The first-order valence-electron chi connectivity index (χ1n) is 5.69. The van der Waals surface area contributed by atoms with Gasteiger partial charge in [-0.3, -0.25) is 4.79 Å². The van der Waals surface area contributed by atoms with Gasteiger partial charge in [0.25, 0.3) is 0 Å². The zero-order valence-electron chi connectivity index (χ0n) is 10.7. The third kappa shape index (κ3) is 9.75. The topological polar surface area (TPSA) is 46.5 Å². The van der Waals surface area contributed by atoms with E-state index in [0.717, 1.165) is 6.42 Å². The van der Waals surface area contributed by atoms with Crippen LogP contribution in [-0.2, 0) is 9.53 Å². The average Bonchev–Trinajstić information content (AvgIpc) is 2.13. The lowest BCUT2D eigenvalue weighted by Crippen LogP contribution is -2.19. The van der Waals surface area contributed by atoms with Crippen LogP contribution in [-0.4, -0.2) is 31.9 Å². The highest BCUT2D eigenvalue weighted by Crippen LogP contribution is 1.99. The van der Waals surface area contributed by atoms with Crippen molar-refractivity contribution in [1.82, 2.24) is 0 Å². The maximum atomic E-state index is 11.0. The van der Waals surface area contributed by atoms with Crippen LogP contribution >= 0.6 is 0 Å². The van der Waals surface area contributed by atoms with E-state index in [1.54, 1.807) is 0 Å². The van der Waals surface area contributed by atoms with E-state index in [1.807, 2.05) is 6.92 Å². The van der Waals surface area contributed by atoms with Crippen LogP contribution < -0.4 is 0 Å². The zero-order valence-corrected chi connectivity index (χ0v) is 11.7. The van der Waals surface area contributed by atoms with Crippen LogP contribution in [0.3, 0.4) is 0 Å². The molecule has 0 aliphatic heterocycles. The summed E-state index contributed by atoms with van der Waals surface area (Å²) in [4.78, 5) is 11.0. The number of ether oxygens (including phenoxy) is 1. The summed E-state index contributed by atoms with van der Waals surface area (Å²) in [5.41, 5.74) is 3.15. The van der Waals surface area contributed by atoms with Gasteiger partial charge in [0.15, 0.2) is 0 Å². The molecule has 0 saturated heterocycles. The first kappa shape index (κ1) is 15.2. The third-order valence-electron chi connectivity index (χ3n) is 1.69. The number of carbonyl (C=O) groups excluding carboxylic acids is 1. The Balaban J connectivity index is 3.78. The van der Waals surface area contributed by atoms with Crippen LogP contribution in [0.2, 0.25) is 19.6 Å². The fraction of sp³-hybridized carbons (Fsp3) is 0.750. The number of esters is 1. The van der Waals surface area contributed by atoms with Crippen molar-refractivity contribution in [1.29, 1.82) is 0 Å². The molecule has 0 amide bonds. The summed E-state index contributed by atoms with van der Waals surface area (Å²) < 4.78 is 4.88. The molecule has 0 rings (SSSR count). The van der Waals surface area contributed by atoms with Crippen LogP contribution in [0.5, 0.6) is 0 Å². The maximum Gasteiger partial charge on any atom is 0.305 e. The standard InChI is InChI=1S/C12H22O3Si/c1-5-7-12(14)15-10-11(13)8-6-9-16(2,3)4/h11,13H,5,7-8,10H2,1-4H3/t11-/m0/s1. The molecule has 0 radical (unpaired) electrons. The smallest absolute Gasteiger partial charge is 0.305 e. The predicted molar refractivity (Wildman–Crippen MR) is 67.6 cm³/mol. The van der Waals surface area contributed by atoms with E-state index >= 15 is 0 Å². The van der Waals surface area contributed by atoms with E-state index < -0.39 is 14.2 Å². The Morgan fingerprint density at radius 2 is 2.06 bits per heavy atom. The molecule has 0 heterocycles. The number of aliphatic hydroxyl groups is 1. The highest BCUT2D eigenvalue weighted by Gasteiger charge is 2.09. The van der Waals surface area contributed by atoms with E-state index in [1.165, 1.54) is 0 Å². The molecule has 92 valence electrons. The summed E-state index contributed by atoms with van der Waals surface area (Å²) in [6.45, 7) is 8.41. The molecule has 0 aromatic carbocycles. The lowest BCUT2D eigenvalue weighted by Gasteiger charge is -2.08. The first-order chi connectivity index (χ1) is 7.35. The Morgan fingerprint density at radius 1 is 1.44 bits per heavy atom. The van der Waals surface area contributed by atoms with Gasteiger partial charge in [-0.05, 0) is 6.42 Å². The molecule has 0 aliphatic carbocycles. The van der Waals surface area contributed by atoms with Crippen molar-refractivity contribution in [3.63, 3.8) is 0 Å². The molecule has 1 atom stereocenters. The number of carbonyl (C=O) groups is 1. The molecule has 0 aromatic heterocycles. The average molecular weight is 242 g/mol. The van der Waals surface area contributed by atoms with Gasteiger partial charge < -0.3 is 9.84 Å².